The van der Waals surface area contributed by atoms with Crippen LogP contribution in [-0.2, 0) is 24.1 Å². The van der Waals surface area contributed by atoms with Crippen molar-refractivity contribution in [3.63, 3.8) is 0 Å². The maximum Gasteiger partial charge on any atom is 0.287 e. The second kappa shape index (κ2) is 7.93. The summed E-state index contributed by atoms with van der Waals surface area (Å²) in [5, 5.41) is 8.51. The molecule has 1 aromatic carbocycles. The van der Waals surface area contributed by atoms with Crippen molar-refractivity contribution in [3.8, 4) is 11.3 Å². The van der Waals surface area contributed by atoms with Gasteiger partial charge in [-0.2, -0.15) is 5.10 Å². The molecule has 6 nitrogen and oxygen atoms in total. The number of fused-ring (bicyclic) bond motifs is 3. The van der Waals surface area contributed by atoms with Gasteiger partial charge in [-0.05, 0) is 49.4 Å². The molecule has 1 atom stereocenters. The molecule has 1 unspecified atom stereocenters. The normalized spacial score (nSPS) is 17.6. The largest absolute Gasteiger partial charge is 0.455 e. The average molecular weight is 426 g/mol. The van der Waals surface area contributed by atoms with Crippen molar-refractivity contribution in [2.45, 2.75) is 45.3 Å². The number of aryl methyl sites for hydroxylation is 2. The van der Waals surface area contributed by atoms with Crippen molar-refractivity contribution in [1.29, 1.82) is 0 Å². The minimum Gasteiger partial charge on any atom is -0.455 e. The molecule has 0 spiro atoms. The Morgan fingerprint density at radius 1 is 1.30 bits per heavy atom. The van der Waals surface area contributed by atoms with Crippen LogP contribution >= 0.6 is 11.6 Å². The SMILES string of the molecule is Cc1c(C(=O)NCC2CCCO2)oc2c1-c1nn(Cc3ccc(Cl)cc3)cc1CC2. The van der Waals surface area contributed by atoms with Gasteiger partial charge in [0.05, 0.1) is 18.3 Å². The third-order valence-corrected chi connectivity index (χ3v) is 6.15. The predicted octanol–water partition coefficient (Wildman–Crippen LogP) is 4.16. The van der Waals surface area contributed by atoms with Gasteiger partial charge in [-0.15, -0.1) is 0 Å². The number of carbonyl (C=O) groups is 1. The van der Waals surface area contributed by atoms with Gasteiger partial charge in [0.2, 0.25) is 0 Å². The van der Waals surface area contributed by atoms with Crippen LogP contribution in [0.1, 0.15) is 45.8 Å². The van der Waals surface area contributed by atoms with Crippen molar-refractivity contribution >= 4 is 17.5 Å². The van der Waals surface area contributed by atoms with E-state index in [2.05, 4.69) is 11.5 Å². The Hall–Kier alpha value is -2.57. The molecule has 0 radical (unpaired) electrons. The molecular weight excluding hydrogens is 402 g/mol. The van der Waals surface area contributed by atoms with E-state index in [0.717, 1.165) is 65.5 Å². The van der Waals surface area contributed by atoms with Crippen molar-refractivity contribution in [2.24, 2.45) is 0 Å². The lowest BCUT2D eigenvalue weighted by Gasteiger charge is -2.10. The van der Waals surface area contributed by atoms with Gasteiger partial charge in [-0.3, -0.25) is 9.48 Å². The van der Waals surface area contributed by atoms with E-state index in [4.69, 9.17) is 25.9 Å². The summed E-state index contributed by atoms with van der Waals surface area (Å²) < 4.78 is 13.5. The van der Waals surface area contributed by atoms with Crippen LogP contribution < -0.4 is 5.32 Å². The van der Waals surface area contributed by atoms with E-state index in [1.54, 1.807) is 0 Å². The first-order valence-electron chi connectivity index (χ1n) is 10.4. The Labute approximate surface area is 180 Å². The van der Waals surface area contributed by atoms with E-state index in [1.165, 1.54) is 5.56 Å². The quantitative estimate of drug-likeness (QED) is 0.666. The number of furan rings is 1. The molecule has 1 fully saturated rings. The zero-order chi connectivity index (χ0) is 20.7. The molecule has 1 aliphatic heterocycles. The molecule has 1 saturated heterocycles. The fourth-order valence-electron chi connectivity index (χ4n) is 4.33. The molecule has 1 aliphatic carbocycles. The smallest absolute Gasteiger partial charge is 0.287 e. The maximum absolute atomic E-state index is 12.7. The number of hydrogen-bond donors (Lipinski definition) is 1. The second-order valence-corrected chi connectivity index (χ2v) is 8.46. The molecule has 2 aliphatic rings. The Morgan fingerprint density at radius 3 is 2.90 bits per heavy atom. The molecule has 1 N–H and O–H groups in total. The van der Waals surface area contributed by atoms with E-state index in [9.17, 15) is 4.79 Å². The summed E-state index contributed by atoms with van der Waals surface area (Å²) in [6.07, 6.45) is 5.87. The molecule has 30 heavy (non-hydrogen) atoms. The van der Waals surface area contributed by atoms with Gasteiger partial charge in [-0.1, -0.05) is 23.7 Å². The Morgan fingerprint density at radius 2 is 2.13 bits per heavy atom. The van der Waals surface area contributed by atoms with E-state index in [-0.39, 0.29) is 12.0 Å². The van der Waals surface area contributed by atoms with Gasteiger partial charge in [0, 0.05) is 41.9 Å². The predicted molar refractivity (Wildman–Crippen MR) is 114 cm³/mol. The number of halogens is 1. The summed E-state index contributed by atoms with van der Waals surface area (Å²) in [5.74, 6) is 1.05. The first-order chi connectivity index (χ1) is 14.6. The van der Waals surface area contributed by atoms with Gasteiger partial charge in [0.15, 0.2) is 5.76 Å². The molecular formula is C23H24ClN3O3. The number of nitrogens with zero attached hydrogens (tertiary/aromatic N) is 2. The fraction of sp³-hybridized carbons (Fsp3) is 0.391. The first kappa shape index (κ1) is 19.4. The molecule has 1 amide bonds. The van der Waals surface area contributed by atoms with Crippen LogP contribution in [0.4, 0.5) is 0 Å². The standard InChI is InChI=1S/C23H24ClN3O3/c1-14-20-19(30-22(14)23(28)25-11-18-3-2-10-29-18)9-6-16-13-27(26-21(16)20)12-15-4-7-17(24)8-5-15/h4-5,7-8,13,18H,2-3,6,9-12H2,1H3,(H,25,28). The molecule has 3 heterocycles. The number of hydrogen-bond acceptors (Lipinski definition) is 4. The van der Waals surface area contributed by atoms with Gasteiger partial charge in [-0.25, -0.2) is 0 Å². The zero-order valence-electron chi connectivity index (χ0n) is 16.9. The minimum absolute atomic E-state index is 0.106. The van der Waals surface area contributed by atoms with Crippen LogP contribution in [0.25, 0.3) is 11.3 Å². The van der Waals surface area contributed by atoms with Crippen molar-refractivity contribution in [3.05, 3.63) is 63.7 Å². The van der Waals surface area contributed by atoms with Crippen LogP contribution in [0.15, 0.2) is 34.9 Å². The highest BCUT2D eigenvalue weighted by atomic mass is 35.5. The number of aromatic nitrogens is 2. The lowest BCUT2D eigenvalue weighted by atomic mass is 9.93. The second-order valence-electron chi connectivity index (χ2n) is 8.03. The van der Waals surface area contributed by atoms with Crippen molar-refractivity contribution in [2.75, 3.05) is 13.2 Å². The summed E-state index contributed by atoms with van der Waals surface area (Å²) in [5.41, 5.74) is 5.06. The third kappa shape index (κ3) is 3.66. The van der Waals surface area contributed by atoms with Crippen molar-refractivity contribution in [1.82, 2.24) is 15.1 Å². The number of carbonyl (C=O) groups excluding carboxylic acids is 1. The first-order valence-corrected chi connectivity index (χ1v) is 10.8. The molecule has 0 bridgehead atoms. The van der Waals surface area contributed by atoms with E-state index < -0.39 is 0 Å². The van der Waals surface area contributed by atoms with Gasteiger partial charge >= 0.3 is 0 Å². The summed E-state index contributed by atoms with van der Waals surface area (Å²) in [6.45, 7) is 3.91. The summed E-state index contributed by atoms with van der Waals surface area (Å²) in [4.78, 5) is 12.7. The highest BCUT2D eigenvalue weighted by Crippen LogP contribution is 2.38. The average Bonchev–Trinajstić information content (AvgIpc) is 3.46. The number of nitrogens with one attached hydrogen (secondary N) is 1. The van der Waals surface area contributed by atoms with Crippen LogP contribution in [0.5, 0.6) is 0 Å². The Kier molecular flexibility index (Phi) is 5.13. The van der Waals surface area contributed by atoms with Crippen LogP contribution in [0.2, 0.25) is 5.02 Å². The molecule has 7 heteroatoms. The maximum atomic E-state index is 12.7. The van der Waals surface area contributed by atoms with Gasteiger partial charge in [0.1, 0.15) is 5.76 Å². The van der Waals surface area contributed by atoms with Crippen LogP contribution in [-0.4, -0.2) is 34.9 Å². The lowest BCUT2D eigenvalue weighted by molar-refractivity contribution is 0.0833. The lowest BCUT2D eigenvalue weighted by Crippen LogP contribution is -2.31. The molecule has 2 aromatic heterocycles. The molecule has 0 saturated carbocycles. The van der Waals surface area contributed by atoms with Crippen LogP contribution in [0.3, 0.4) is 0 Å². The van der Waals surface area contributed by atoms with E-state index >= 15 is 0 Å². The highest BCUT2D eigenvalue weighted by molar-refractivity contribution is 6.30. The topological polar surface area (TPSA) is 69.3 Å². The number of benzene rings is 1. The zero-order valence-corrected chi connectivity index (χ0v) is 17.7. The van der Waals surface area contributed by atoms with Gasteiger partial charge < -0.3 is 14.5 Å². The minimum atomic E-state index is -0.181. The summed E-state index contributed by atoms with van der Waals surface area (Å²) in [6, 6.07) is 7.79. The Bertz CT molecular complexity index is 1080. The third-order valence-electron chi connectivity index (χ3n) is 5.89. The number of ether oxygens (including phenoxy) is 1. The monoisotopic (exact) mass is 425 g/mol. The van der Waals surface area contributed by atoms with E-state index in [1.807, 2.05) is 35.9 Å². The summed E-state index contributed by atoms with van der Waals surface area (Å²) >= 11 is 5.99. The summed E-state index contributed by atoms with van der Waals surface area (Å²) in [7, 11) is 0. The molecule has 5 rings (SSSR count). The highest BCUT2D eigenvalue weighted by Gasteiger charge is 2.30. The van der Waals surface area contributed by atoms with Crippen LogP contribution in [0, 0.1) is 6.92 Å². The molecule has 3 aromatic rings. The van der Waals surface area contributed by atoms with E-state index in [0.29, 0.717) is 18.8 Å². The Balaban J connectivity index is 1.37. The molecule has 156 valence electrons. The fourth-order valence-corrected chi connectivity index (χ4v) is 4.46. The number of amides is 1. The van der Waals surface area contributed by atoms with Gasteiger partial charge in [0.25, 0.3) is 5.91 Å². The van der Waals surface area contributed by atoms with Crippen molar-refractivity contribution < 1.29 is 13.9 Å². The number of rotatable bonds is 5.